The van der Waals surface area contributed by atoms with Crippen molar-refractivity contribution in [2.45, 2.75) is 12.8 Å². The highest BCUT2D eigenvalue weighted by Crippen LogP contribution is 2.22. The number of carbonyl (C=O) groups is 1. The highest BCUT2D eigenvalue weighted by atomic mass is 16.5. The maximum atomic E-state index is 10.4. The molecule has 0 unspecified atom stereocenters. The lowest BCUT2D eigenvalue weighted by molar-refractivity contribution is -0.131. The molecule has 2 rings (SSSR count). The van der Waals surface area contributed by atoms with Gasteiger partial charge in [0.05, 0.1) is 0 Å². The molecule has 0 aliphatic carbocycles. The number of methoxy groups -OCH3 is 1. The van der Waals surface area contributed by atoms with Crippen LogP contribution < -0.4 is 4.90 Å². The Balaban J connectivity index is 1.92. The molecule has 20 heavy (non-hydrogen) atoms. The Labute approximate surface area is 118 Å². The Morgan fingerprint density at radius 3 is 2.80 bits per heavy atom. The molecule has 0 bridgehead atoms. The van der Waals surface area contributed by atoms with E-state index in [1.165, 1.54) is 0 Å². The van der Waals surface area contributed by atoms with Crippen LogP contribution >= 0.6 is 0 Å². The van der Waals surface area contributed by atoms with E-state index >= 15 is 0 Å². The molecule has 1 N–H and O–H groups in total. The summed E-state index contributed by atoms with van der Waals surface area (Å²) >= 11 is 0. The lowest BCUT2D eigenvalue weighted by Gasteiger charge is -2.32. The largest absolute Gasteiger partial charge is 0.478 e. The molecule has 0 amide bonds. The van der Waals surface area contributed by atoms with Crippen molar-refractivity contribution in [2.75, 3.05) is 31.7 Å². The topological polar surface area (TPSA) is 62.7 Å². The Bertz CT molecular complexity index is 463. The van der Waals surface area contributed by atoms with Crippen LogP contribution in [0.1, 0.15) is 18.4 Å². The quantitative estimate of drug-likeness (QED) is 0.834. The van der Waals surface area contributed by atoms with Crippen LogP contribution in [0.15, 0.2) is 24.4 Å². The zero-order valence-corrected chi connectivity index (χ0v) is 11.7. The summed E-state index contributed by atoms with van der Waals surface area (Å²) in [6.07, 6.45) is 6.61. The van der Waals surface area contributed by atoms with Gasteiger partial charge in [0, 0.05) is 39.1 Å². The standard InChI is InChI=1S/C15H20N2O3/c1-20-11-13-6-8-17(9-7-13)14-4-2-12(10-16-14)3-5-15(18)19/h2-5,10,13H,6-9,11H2,1H3,(H,18,19)/b5-3+. The SMILES string of the molecule is COCC1CCN(c2ccc(/C=C/C(=O)O)cn2)CC1. The molecule has 1 aliphatic heterocycles. The normalized spacial score (nSPS) is 16.8. The summed E-state index contributed by atoms with van der Waals surface area (Å²) in [5.41, 5.74) is 0.797. The molecule has 1 aliphatic rings. The number of nitrogens with zero attached hydrogens (tertiary/aromatic N) is 2. The number of ether oxygens (including phenoxy) is 1. The van der Waals surface area contributed by atoms with Crippen LogP contribution in [0, 0.1) is 5.92 Å². The smallest absolute Gasteiger partial charge is 0.328 e. The lowest BCUT2D eigenvalue weighted by Crippen LogP contribution is -2.35. The second-order valence-corrected chi connectivity index (χ2v) is 5.01. The Kier molecular flexibility index (Phi) is 5.12. The molecule has 1 aromatic heterocycles. The van der Waals surface area contributed by atoms with Crippen molar-refractivity contribution in [3.05, 3.63) is 30.0 Å². The van der Waals surface area contributed by atoms with Crippen LogP contribution in [-0.4, -0.2) is 42.9 Å². The molecule has 0 saturated carbocycles. The van der Waals surface area contributed by atoms with Crippen LogP contribution in [0.3, 0.4) is 0 Å². The number of aromatic nitrogens is 1. The first-order valence-corrected chi connectivity index (χ1v) is 6.80. The summed E-state index contributed by atoms with van der Waals surface area (Å²) in [7, 11) is 1.75. The minimum Gasteiger partial charge on any atom is -0.478 e. The van der Waals surface area contributed by atoms with Crippen LogP contribution in [-0.2, 0) is 9.53 Å². The van der Waals surface area contributed by atoms with Gasteiger partial charge in [0.2, 0.25) is 0 Å². The summed E-state index contributed by atoms with van der Waals surface area (Å²) in [6.45, 7) is 2.82. The van der Waals surface area contributed by atoms with Gasteiger partial charge in [-0.1, -0.05) is 0 Å². The van der Waals surface area contributed by atoms with E-state index in [1.807, 2.05) is 12.1 Å². The molecule has 5 heteroatoms. The maximum absolute atomic E-state index is 10.4. The molecule has 5 nitrogen and oxygen atoms in total. The minimum absolute atomic E-state index is 0.647. The number of pyridine rings is 1. The van der Waals surface area contributed by atoms with Gasteiger partial charge in [-0.25, -0.2) is 9.78 Å². The number of hydrogen-bond donors (Lipinski definition) is 1. The third-order valence-electron chi connectivity index (χ3n) is 3.53. The van der Waals surface area contributed by atoms with E-state index < -0.39 is 5.97 Å². The average Bonchev–Trinajstić information content (AvgIpc) is 2.47. The fourth-order valence-corrected chi connectivity index (χ4v) is 2.42. The molecule has 0 spiro atoms. The minimum atomic E-state index is -0.950. The highest BCUT2D eigenvalue weighted by molar-refractivity contribution is 5.85. The third kappa shape index (κ3) is 4.06. The molecule has 0 aromatic carbocycles. The molecule has 0 radical (unpaired) electrons. The van der Waals surface area contributed by atoms with Gasteiger partial charge in [0.1, 0.15) is 5.82 Å². The van der Waals surface area contributed by atoms with E-state index in [4.69, 9.17) is 9.84 Å². The van der Waals surface area contributed by atoms with Gasteiger partial charge < -0.3 is 14.7 Å². The van der Waals surface area contributed by atoms with Gasteiger partial charge in [-0.3, -0.25) is 0 Å². The maximum Gasteiger partial charge on any atom is 0.328 e. The first-order chi connectivity index (χ1) is 9.69. The van der Waals surface area contributed by atoms with E-state index in [9.17, 15) is 4.79 Å². The van der Waals surface area contributed by atoms with E-state index in [-0.39, 0.29) is 0 Å². The predicted molar refractivity (Wildman–Crippen MR) is 77.7 cm³/mol. The van der Waals surface area contributed by atoms with Gasteiger partial charge in [-0.15, -0.1) is 0 Å². The molecule has 1 aromatic rings. The lowest BCUT2D eigenvalue weighted by atomic mass is 9.98. The van der Waals surface area contributed by atoms with Gasteiger partial charge >= 0.3 is 5.97 Å². The summed E-state index contributed by atoms with van der Waals surface area (Å²) in [5.74, 6) is 0.650. The zero-order valence-electron chi connectivity index (χ0n) is 11.7. The summed E-state index contributed by atoms with van der Waals surface area (Å²) in [4.78, 5) is 17.1. The van der Waals surface area contributed by atoms with Crippen LogP contribution in [0.5, 0.6) is 0 Å². The van der Waals surface area contributed by atoms with Crippen molar-refractivity contribution in [1.29, 1.82) is 0 Å². The van der Waals surface area contributed by atoms with Gasteiger partial charge in [0.15, 0.2) is 0 Å². The van der Waals surface area contributed by atoms with E-state index in [1.54, 1.807) is 19.4 Å². The summed E-state index contributed by atoms with van der Waals surface area (Å²) in [5, 5.41) is 8.58. The van der Waals surface area contributed by atoms with Crippen molar-refractivity contribution in [3.63, 3.8) is 0 Å². The number of carboxylic acids is 1. The Morgan fingerprint density at radius 1 is 1.50 bits per heavy atom. The Hall–Kier alpha value is -1.88. The fraction of sp³-hybridized carbons (Fsp3) is 0.467. The van der Waals surface area contributed by atoms with E-state index in [2.05, 4.69) is 9.88 Å². The van der Waals surface area contributed by atoms with Gasteiger partial charge in [-0.05, 0) is 42.5 Å². The molecule has 0 atom stereocenters. The predicted octanol–water partition coefficient (Wildman–Crippen LogP) is 2.04. The number of rotatable bonds is 5. The number of hydrogen-bond acceptors (Lipinski definition) is 4. The van der Waals surface area contributed by atoms with Crippen molar-refractivity contribution in [3.8, 4) is 0 Å². The van der Waals surface area contributed by atoms with Gasteiger partial charge in [-0.2, -0.15) is 0 Å². The highest BCUT2D eigenvalue weighted by Gasteiger charge is 2.19. The first kappa shape index (κ1) is 14.5. The Morgan fingerprint density at radius 2 is 2.25 bits per heavy atom. The molecule has 1 saturated heterocycles. The number of piperidine rings is 1. The number of aliphatic carboxylic acids is 1. The van der Waals surface area contributed by atoms with Crippen molar-refractivity contribution < 1.29 is 14.6 Å². The fourth-order valence-electron chi connectivity index (χ4n) is 2.42. The van der Waals surface area contributed by atoms with E-state index in [0.29, 0.717) is 5.92 Å². The molecule has 2 heterocycles. The first-order valence-electron chi connectivity index (χ1n) is 6.80. The van der Waals surface area contributed by atoms with Crippen LogP contribution in [0.4, 0.5) is 5.82 Å². The summed E-state index contributed by atoms with van der Waals surface area (Å²) < 4.78 is 5.19. The average molecular weight is 276 g/mol. The van der Waals surface area contributed by atoms with Crippen molar-refractivity contribution in [1.82, 2.24) is 4.98 Å². The van der Waals surface area contributed by atoms with E-state index in [0.717, 1.165) is 50.0 Å². The van der Waals surface area contributed by atoms with Crippen LogP contribution in [0.2, 0.25) is 0 Å². The second kappa shape index (κ2) is 7.05. The van der Waals surface area contributed by atoms with Gasteiger partial charge in [0.25, 0.3) is 0 Å². The second-order valence-electron chi connectivity index (χ2n) is 5.01. The monoisotopic (exact) mass is 276 g/mol. The third-order valence-corrected chi connectivity index (χ3v) is 3.53. The van der Waals surface area contributed by atoms with Crippen LogP contribution in [0.25, 0.3) is 6.08 Å². The molecular weight excluding hydrogens is 256 g/mol. The molecule has 1 fully saturated rings. The number of anilines is 1. The van der Waals surface area contributed by atoms with Crippen molar-refractivity contribution in [2.24, 2.45) is 5.92 Å². The number of carboxylic acid groups (broad SMARTS) is 1. The zero-order chi connectivity index (χ0) is 14.4. The molecular formula is C15H20N2O3. The molecule has 108 valence electrons. The van der Waals surface area contributed by atoms with Crippen molar-refractivity contribution >= 4 is 17.9 Å². The summed E-state index contributed by atoms with van der Waals surface area (Å²) in [6, 6.07) is 3.83.